The van der Waals surface area contributed by atoms with Crippen molar-refractivity contribution in [2.45, 2.75) is 25.6 Å². The number of benzene rings is 1. The molecule has 2 heterocycles. The molecule has 0 bridgehead atoms. The second kappa shape index (κ2) is 6.27. The Hall–Kier alpha value is -0.870. The minimum atomic E-state index is 0.533. The van der Waals surface area contributed by atoms with Gasteiger partial charge in [0.1, 0.15) is 0 Å². The highest BCUT2D eigenvalue weighted by Crippen LogP contribution is 2.23. The van der Waals surface area contributed by atoms with Crippen LogP contribution < -0.4 is 5.32 Å². The lowest BCUT2D eigenvalue weighted by Gasteiger charge is -2.29. The van der Waals surface area contributed by atoms with Crippen molar-refractivity contribution in [2.75, 3.05) is 13.6 Å². The summed E-state index contributed by atoms with van der Waals surface area (Å²) in [5.74, 6) is 0. The van der Waals surface area contributed by atoms with Gasteiger partial charge in [-0.2, -0.15) is 0 Å². The van der Waals surface area contributed by atoms with Gasteiger partial charge in [-0.15, -0.1) is 11.3 Å². The van der Waals surface area contributed by atoms with Gasteiger partial charge in [0.15, 0.2) is 0 Å². The summed E-state index contributed by atoms with van der Waals surface area (Å²) in [6.45, 7) is 3.01. The zero-order chi connectivity index (χ0) is 13.9. The molecule has 0 fully saturated rings. The Kier molecular flexibility index (Phi) is 4.41. The Labute approximate surface area is 129 Å². The molecular weight excluding hydrogens is 288 g/mol. The molecule has 1 aliphatic rings. The number of hydrogen-bond donors (Lipinski definition) is 1. The Balaban J connectivity index is 1.56. The molecule has 0 radical (unpaired) electrons. The number of nitrogens with one attached hydrogen (secondary N) is 1. The molecular formula is C16H19ClN2S. The zero-order valence-corrected chi connectivity index (χ0v) is 13.2. The van der Waals surface area contributed by atoms with Crippen molar-refractivity contribution >= 4 is 22.9 Å². The van der Waals surface area contributed by atoms with Gasteiger partial charge < -0.3 is 5.32 Å². The van der Waals surface area contributed by atoms with E-state index in [1.54, 1.807) is 11.3 Å². The molecule has 1 aromatic carbocycles. The van der Waals surface area contributed by atoms with Crippen molar-refractivity contribution in [1.29, 1.82) is 0 Å². The molecule has 1 unspecified atom stereocenters. The lowest BCUT2D eigenvalue weighted by atomic mass is 9.96. The first-order chi connectivity index (χ1) is 9.70. The van der Waals surface area contributed by atoms with Crippen LogP contribution in [0.2, 0.25) is 4.34 Å². The summed E-state index contributed by atoms with van der Waals surface area (Å²) >= 11 is 7.65. The van der Waals surface area contributed by atoms with Crippen molar-refractivity contribution in [3.63, 3.8) is 0 Å². The van der Waals surface area contributed by atoms with E-state index in [1.165, 1.54) is 16.0 Å². The summed E-state index contributed by atoms with van der Waals surface area (Å²) in [6, 6.07) is 13.4. The van der Waals surface area contributed by atoms with Crippen LogP contribution in [0.15, 0.2) is 36.4 Å². The average molecular weight is 307 g/mol. The van der Waals surface area contributed by atoms with Crippen molar-refractivity contribution in [2.24, 2.45) is 0 Å². The van der Waals surface area contributed by atoms with Crippen molar-refractivity contribution in [3.05, 3.63) is 56.7 Å². The first-order valence-electron chi connectivity index (χ1n) is 6.93. The summed E-state index contributed by atoms with van der Waals surface area (Å²) < 4.78 is 0.873. The summed E-state index contributed by atoms with van der Waals surface area (Å²) in [5, 5.41) is 3.63. The summed E-state index contributed by atoms with van der Waals surface area (Å²) in [5.41, 5.74) is 2.93. The molecule has 2 nitrogen and oxygen atoms in total. The zero-order valence-electron chi connectivity index (χ0n) is 11.6. The fourth-order valence-corrected chi connectivity index (χ4v) is 3.96. The molecule has 3 rings (SSSR count). The van der Waals surface area contributed by atoms with Gasteiger partial charge in [-0.25, -0.2) is 0 Å². The molecule has 0 aliphatic carbocycles. The highest BCUT2D eigenvalue weighted by Gasteiger charge is 2.18. The molecule has 106 valence electrons. The highest BCUT2D eigenvalue weighted by molar-refractivity contribution is 7.16. The molecule has 0 amide bonds. The predicted octanol–water partition coefficient (Wildman–Crippen LogP) is 3.55. The molecule has 1 N–H and O–H groups in total. The Morgan fingerprint density at radius 1 is 1.25 bits per heavy atom. The summed E-state index contributed by atoms with van der Waals surface area (Å²) in [6.07, 6.45) is 1.12. The van der Waals surface area contributed by atoms with Crippen LogP contribution in [0.1, 0.15) is 16.0 Å². The molecule has 1 aliphatic heterocycles. The molecule has 0 saturated carbocycles. The van der Waals surface area contributed by atoms with Crippen LogP contribution in [0.25, 0.3) is 0 Å². The maximum atomic E-state index is 5.98. The summed E-state index contributed by atoms with van der Waals surface area (Å²) in [4.78, 5) is 3.70. The van der Waals surface area contributed by atoms with Gasteiger partial charge in [0, 0.05) is 30.6 Å². The molecule has 0 saturated heterocycles. The third kappa shape index (κ3) is 3.41. The van der Waals surface area contributed by atoms with E-state index in [1.807, 2.05) is 6.07 Å². The first kappa shape index (κ1) is 14.1. The number of thiophene rings is 1. The van der Waals surface area contributed by atoms with Crippen LogP contribution in [0, 0.1) is 0 Å². The average Bonchev–Trinajstić information content (AvgIpc) is 2.83. The molecule has 20 heavy (non-hydrogen) atoms. The lowest BCUT2D eigenvalue weighted by Crippen LogP contribution is -2.43. The minimum absolute atomic E-state index is 0.533. The number of halogens is 1. The quantitative estimate of drug-likeness (QED) is 0.929. The van der Waals surface area contributed by atoms with E-state index >= 15 is 0 Å². The number of hydrogen-bond acceptors (Lipinski definition) is 3. The van der Waals surface area contributed by atoms with E-state index in [2.05, 4.69) is 47.6 Å². The molecule has 2 aromatic rings. The molecule has 1 aromatic heterocycles. The van der Waals surface area contributed by atoms with Gasteiger partial charge in [0.2, 0.25) is 0 Å². The van der Waals surface area contributed by atoms with Gasteiger partial charge in [-0.1, -0.05) is 35.9 Å². The van der Waals surface area contributed by atoms with Gasteiger partial charge >= 0.3 is 0 Å². The number of likely N-dealkylation sites (N-methyl/N-ethyl adjacent to an activating group) is 1. The second-order valence-electron chi connectivity index (χ2n) is 5.45. The number of fused-ring (bicyclic) bond motifs is 1. The van der Waals surface area contributed by atoms with Gasteiger partial charge in [-0.3, -0.25) is 4.90 Å². The Morgan fingerprint density at radius 3 is 2.80 bits per heavy atom. The van der Waals surface area contributed by atoms with Crippen molar-refractivity contribution < 1.29 is 0 Å². The Morgan fingerprint density at radius 2 is 2.05 bits per heavy atom. The smallest absolute Gasteiger partial charge is 0.0931 e. The van der Waals surface area contributed by atoms with Crippen LogP contribution in [0.5, 0.6) is 0 Å². The predicted molar refractivity (Wildman–Crippen MR) is 86.4 cm³/mol. The van der Waals surface area contributed by atoms with Crippen LogP contribution in [-0.2, 0) is 19.5 Å². The molecule has 4 heteroatoms. The van der Waals surface area contributed by atoms with Gasteiger partial charge in [0.25, 0.3) is 0 Å². The first-order valence-corrected chi connectivity index (χ1v) is 8.13. The lowest BCUT2D eigenvalue weighted by molar-refractivity contribution is 0.276. The molecule has 1 atom stereocenters. The van der Waals surface area contributed by atoms with E-state index in [0.29, 0.717) is 6.04 Å². The van der Waals surface area contributed by atoms with E-state index in [4.69, 9.17) is 11.6 Å². The van der Waals surface area contributed by atoms with E-state index in [-0.39, 0.29) is 0 Å². The largest absolute Gasteiger partial charge is 0.308 e. The third-order valence-electron chi connectivity index (χ3n) is 3.75. The highest BCUT2D eigenvalue weighted by atomic mass is 35.5. The van der Waals surface area contributed by atoms with Crippen LogP contribution in [-0.4, -0.2) is 24.5 Å². The SMILES string of the molecule is CN(Cc1ccc(Cl)s1)CC1Cc2ccccc2CN1. The monoisotopic (exact) mass is 306 g/mol. The standard InChI is InChI=1S/C16H19ClN2S/c1-19(11-15-6-7-16(17)20-15)10-14-8-12-4-2-3-5-13(12)9-18-14/h2-7,14,18H,8-11H2,1H3. The van der Waals surface area contributed by atoms with Gasteiger partial charge in [-0.05, 0) is 36.7 Å². The van der Waals surface area contributed by atoms with E-state index in [0.717, 1.165) is 30.4 Å². The normalized spacial score (nSPS) is 18.2. The number of nitrogens with zero attached hydrogens (tertiary/aromatic N) is 1. The van der Waals surface area contributed by atoms with E-state index < -0.39 is 0 Å². The van der Waals surface area contributed by atoms with Crippen LogP contribution >= 0.6 is 22.9 Å². The minimum Gasteiger partial charge on any atom is -0.308 e. The van der Waals surface area contributed by atoms with Gasteiger partial charge in [0.05, 0.1) is 4.34 Å². The topological polar surface area (TPSA) is 15.3 Å². The van der Waals surface area contributed by atoms with Crippen LogP contribution in [0.4, 0.5) is 0 Å². The fraction of sp³-hybridized carbons (Fsp3) is 0.375. The van der Waals surface area contributed by atoms with E-state index in [9.17, 15) is 0 Å². The Bertz CT molecular complexity index is 581. The third-order valence-corrected chi connectivity index (χ3v) is 4.97. The summed E-state index contributed by atoms with van der Waals surface area (Å²) in [7, 11) is 2.18. The van der Waals surface area contributed by atoms with Crippen molar-refractivity contribution in [3.8, 4) is 0 Å². The number of rotatable bonds is 4. The second-order valence-corrected chi connectivity index (χ2v) is 7.25. The van der Waals surface area contributed by atoms with Crippen molar-refractivity contribution in [1.82, 2.24) is 10.2 Å². The fourth-order valence-electron chi connectivity index (χ4n) is 2.79. The molecule has 0 spiro atoms. The maximum Gasteiger partial charge on any atom is 0.0931 e. The van der Waals surface area contributed by atoms with Crippen LogP contribution in [0.3, 0.4) is 0 Å². The maximum absolute atomic E-state index is 5.98.